The van der Waals surface area contributed by atoms with Crippen molar-refractivity contribution in [2.45, 2.75) is 6.42 Å². The molecule has 0 saturated heterocycles. The third kappa shape index (κ3) is 7.10. The van der Waals surface area contributed by atoms with Crippen LogP contribution in [0.3, 0.4) is 0 Å². The molecular weight excluding hydrogens is 452 g/mol. The van der Waals surface area contributed by atoms with E-state index in [-0.39, 0.29) is 40.9 Å². The van der Waals surface area contributed by atoms with Gasteiger partial charge in [-0.3, -0.25) is 9.59 Å². The number of hydrogen-bond acceptors (Lipinski definition) is 8. The van der Waals surface area contributed by atoms with E-state index in [0.29, 0.717) is 16.9 Å². The largest absolute Gasteiger partial charge is 0.504 e. The molecule has 0 aliphatic heterocycles. The van der Waals surface area contributed by atoms with Crippen molar-refractivity contribution in [3.63, 3.8) is 0 Å². The summed E-state index contributed by atoms with van der Waals surface area (Å²) < 4.78 is 15.2. The number of hydrogen-bond donors (Lipinski definition) is 3. The van der Waals surface area contributed by atoms with E-state index in [1.165, 1.54) is 44.8 Å². The van der Waals surface area contributed by atoms with Crippen molar-refractivity contribution in [2.24, 2.45) is 5.10 Å². The molecule has 9 nitrogen and oxygen atoms in total. The van der Waals surface area contributed by atoms with Crippen molar-refractivity contribution in [2.75, 3.05) is 14.2 Å². The lowest BCUT2D eigenvalue weighted by atomic mass is 10.1. The zero-order valence-corrected chi connectivity index (χ0v) is 19.1. The molecule has 0 unspecified atom stereocenters. The van der Waals surface area contributed by atoms with Crippen LogP contribution in [0.1, 0.15) is 28.1 Å². The number of rotatable bonds is 10. The van der Waals surface area contributed by atoms with Crippen LogP contribution in [0, 0.1) is 0 Å². The monoisotopic (exact) mass is 476 g/mol. The molecule has 0 saturated carbocycles. The fraction of sp³-hybridized carbons (Fsp3) is 0.115. The van der Waals surface area contributed by atoms with Crippen molar-refractivity contribution in [1.82, 2.24) is 5.43 Å². The Labute approximate surface area is 201 Å². The predicted octanol–water partition coefficient (Wildman–Crippen LogP) is 4.18. The van der Waals surface area contributed by atoms with Gasteiger partial charge < -0.3 is 24.1 Å². The first-order chi connectivity index (χ1) is 16.9. The van der Waals surface area contributed by atoms with Crippen molar-refractivity contribution in [3.05, 3.63) is 83.8 Å². The molecular formula is C26H24N2O7. The van der Waals surface area contributed by atoms with Crippen LogP contribution in [-0.4, -0.2) is 41.8 Å². The molecule has 3 rings (SSSR count). The highest BCUT2D eigenvalue weighted by atomic mass is 16.5. The quantitative estimate of drug-likeness (QED) is 0.227. The highest BCUT2D eigenvalue weighted by Gasteiger charge is 2.09. The first-order valence-corrected chi connectivity index (χ1v) is 10.4. The summed E-state index contributed by atoms with van der Waals surface area (Å²) >= 11 is 0. The molecule has 2 aromatic carbocycles. The fourth-order valence-corrected chi connectivity index (χ4v) is 2.94. The molecule has 180 valence electrons. The Morgan fingerprint density at radius 2 is 1.54 bits per heavy atom. The smallest absolute Gasteiger partial charge is 0.307 e. The van der Waals surface area contributed by atoms with Crippen LogP contribution in [0.5, 0.6) is 23.0 Å². The number of carbonyl (C=O) groups excluding carboxylic acids is 2. The second-order valence-electron chi connectivity index (χ2n) is 7.19. The molecule has 0 radical (unpaired) electrons. The first-order valence-electron chi connectivity index (χ1n) is 10.4. The van der Waals surface area contributed by atoms with Crippen LogP contribution in [-0.2, 0) is 4.79 Å². The lowest BCUT2D eigenvalue weighted by molar-refractivity contribution is -0.113. The van der Waals surface area contributed by atoms with Crippen LogP contribution in [0.25, 0.3) is 12.2 Å². The number of benzene rings is 2. The molecule has 3 N–H and O–H groups in total. The normalized spacial score (nSPS) is 11.7. The topological polar surface area (TPSA) is 131 Å². The Morgan fingerprint density at radius 1 is 0.943 bits per heavy atom. The summed E-state index contributed by atoms with van der Waals surface area (Å²) in [5.74, 6) is -0.200. The van der Waals surface area contributed by atoms with E-state index < -0.39 is 5.91 Å². The van der Waals surface area contributed by atoms with Gasteiger partial charge in [-0.1, -0.05) is 24.3 Å². The van der Waals surface area contributed by atoms with Crippen LogP contribution in [0.4, 0.5) is 0 Å². The Morgan fingerprint density at radius 3 is 2.09 bits per heavy atom. The highest BCUT2D eigenvalue weighted by Crippen LogP contribution is 2.27. The minimum Gasteiger partial charge on any atom is -0.504 e. The second kappa shape index (κ2) is 11.9. The molecule has 3 aromatic rings. The summed E-state index contributed by atoms with van der Waals surface area (Å²) in [6.45, 7) is 0. The van der Waals surface area contributed by atoms with E-state index in [1.807, 2.05) is 0 Å². The fourth-order valence-electron chi connectivity index (χ4n) is 2.94. The minimum atomic E-state index is -0.564. The number of methoxy groups -OCH3 is 2. The number of amides is 1. The summed E-state index contributed by atoms with van der Waals surface area (Å²) in [4.78, 5) is 24.8. The molecule has 35 heavy (non-hydrogen) atoms. The number of furan rings is 1. The lowest BCUT2D eigenvalue weighted by Gasteiger charge is -2.05. The summed E-state index contributed by atoms with van der Waals surface area (Å²) in [5.41, 5.74) is 3.99. The number of carbonyl (C=O) groups is 2. The number of aromatic hydroxyl groups is 2. The standard InChI is InChI=1S/C26H24N2O7/c1-33-24-14-17(7-11-21(24)30)5-9-19(27-28-26(32)23-4-3-13-35-23)16-20(29)10-6-18-8-12-22(31)25(15-18)34-2/h3-15,30-31H,16H2,1-2H3,(H,28,32)/b9-5+,10-6+,27-19-. The van der Waals surface area contributed by atoms with Crippen LogP contribution < -0.4 is 14.9 Å². The van der Waals surface area contributed by atoms with Gasteiger partial charge in [0, 0.05) is 0 Å². The van der Waals surface area contributed by atoms with E-state index in [2.05, 4.69) is 10.5 Å². The van der Waals surface area contributed by atoms with Gasteiger partial charge in [-0.15, -0.1) is 0 Å². The average molecular weight is 476 g/mol. The van der Waals surface area contributed by atoms with Gasteiger partial charge in [0.1, 0.15) is 0 Å². The first kappa shape index (κ1) is 24.8. The van der Waals surface area contributed by atoms with Crippen molar-refractivity contribution in [1.29, 1.82) is 0 Å². The Bertz CT molecular complexity index is 1270. The Kier molecular flexibility index (Phi) is 8.44. The molecule has 1 amide bonds. The molecule has 0 bridgehead atoms. The van der Waals surface area contributed by atoms with E-state index in [4.69, 9.17) is 13.9 Å². The van der Waals surface area contributed by atoms with E-state index in [1.54, 1.807) is 48.6 Å². The number of hydrazone groups is 1. The van der Waals surface area contributed by atoms with Gasteiger partial charge in [-0.25, -0.2) is 5.43 Å². The number of phenolic OH excluding ortho intramolecular Hbond substituents is 2. The number of ether oxygens (including phenoxy) is 2. The van der Waals surface area contributed by atoms with Gasteiger partial charge in [-0.2, -0.15) is 5.10 Å². The van der Waals surface area contributed by atoms with Crippen LogP contribution in [0.2, 0.25) is 0 Å². The van der Waals surface area contributed by atoms with Gasteiger partial charge in [0.15, 0.2) is 34.5 Å². The zero-order chi connectivity index (χ0) is 25.2. The molecule has 0 spiro atoms. The molecule has 9 heteroatoms. The summed E-state index contributed by atoms with van der Waals surface area (Å²) in [6, 6.07) is 12.5. The number of nitrogens with one attached hydrogen (secondary N) is 1. The van der Waals surface area contributed by atoms with Crippen LogP contribution in [0.15, 0.2) is 76.5 Å². The number of allylic oxidation sites excluding steroid dienone is 2. The van der Waals surface area contributed by atoms with Crippen molar-refractivity contribution >= 4 is 29.6 Å². The third-order valence-corrected chi connectivity index (χ3v) is 4.74. The number of ketones is 1. The Hall–Kier alpha value is -4.79. The van der Waals surface area contributed by atoms with E-state index >= 15 is 0 Å². The van der Waals surface area contributed by atoms with Crippen LogP contribution >= 0.6 is 0 Å². The summed E-state index contributed by atoms with van der Waals surface area (Å²) in [5, 5.41) is 23.5. The molecule has 0 fully saturated rings. The van der Waals surface area contributed by atoms with Crippen molar-refractivity contribution < 1.29 is 33.7 Å². The molecule has 0 atom stereocenters. The maximum Gasteiger partial charge on any atom is 0.307 e. The minimum absolute atomic E-state index is 0.00423. The third-order valence-electron chi connectivity index (χ3n) is 4.74. The van der Waals surface area contributed by atoms with E-state index in [9.17, 15) is 19.8 Å². The highest BCUT2D eigenvalue weighted by molar-refractivity contribution is 6.13. The maximum atomic E-state index is 12.6. The molecule has 0 aliphatic carbocycles. The number of phenols is 2. The van der Waals surface area contributed by atoms with Gasteiger partial charge >= 0.3 is 5.91 Å². The van der Waals surface area contributed by atoms with Gasteiger partial charge in [-0.05, 0) is 59.7 Å². The average Bonchev–Trinajstić information content (AvgIpc) is 3.41. The van der Waals surface area contributed by atoms with Gasteiger partial charge in [0.2, 0.25) is 0 Å². The van der Waals surface area contributed by atoms with Gasteiger partial charge in [0.25, 0.3) is 0 Å². The molecule has 1 heterocycles. The predicted molar refractivity (Wildman–Crippen MR) is 131 cm³/mol. The van der Waals surface area contributed by atoms with Crippen molar-refractivity contribution in [3.8, 4) is 23.0 Å². The summed E-state index contributed by atoms with van der Waals surface area (Å²) in [6.07, 6.45) is 7.44. The second-order valence-corrected chi connectivity index (χ2v) is 7.19. The van der Waals surface area contributed by atoms with Gasteiger partial charge in [0.05, 0.1) is 32.6 Å². The summed E-state index contributed by atoms with van der Waals surface area (Å²) in [7, 11) is 2.87. The maximum absolute atomic E-state index is 12.6. The number of nitrogens with zero attached hydrogens (tertiary/aromatic N) is 1. The molecule has 1 aromatic heterocycles. The lowest BCUT2D eigenvalue weighted by Crippen LogP contribution is -2.19. The van der Waals surface area contributed by atoms with E-state index in [0.717, 1.165) is 0 Å². The Balaban J connectivity index is 1.78. The zero-order valence-electron chi connectivity index (χ0n) is 19.1. The molecule has 0 aliphatic rings. The SMILES string of the molecule is COc1cc(/C=C/C(=O)CC(/C=C/c2ccc(O)c(OC)c2)=N\NC(=O)c2ccco2)ccc1O.